The van der Waals surface area contributed by atoms with Crippen LogP contribution in [0.3, 0.4) is 0 Å². The number of anilines is 1. The van der Waals surface area contributed by atoms with Crippen molar-refractivity contribution in [3.8, 4) is 6.07 Å². The van der Waals surface area contributed by atoms with Crippen LogP contribution in [0.2, 0.25) is 0 Å². The maximum absolute atomic E-state index is 12.9. The zero-order valence-corrected chi connectivity index (χ0v) is 19.1. The fourth-order valence-electron chi connectivity index (χ4n) is 4.12. The van der Waals surface area contributed by atoms with Crippen molar-refractivity contribution in [3.05, 3.63) is 70.8 Å². The van der Waals surface area contributed by atoms with Crippen molar-refractivity contribution < 1.29 is 14.3 Å². The number of aliphatic imine (C=N–C) groups is 1. The lowest BCUT2D eigenvalue weighted by atomic mass is 9.95. The number of nitrogens with one attached hydrogen (secondary N) is 1. The van der Waals surface area contributed by atoms with Crippen molar-refractivity contribution in [2.24, 2.45) is 10.7 Å². The van der Waals surface area contributed by atoms with E-state index in [1.165, 1.54) is 0 Å². The van der Waals surface area contributed by atoms with Crippen LogP contribution in [0.1, 0.15) is 41.3 Å². The van der Waals surface area contributed by atoms with Gasteiger partial charge in [0.25, 0.3) is 5.91 Å². The van der Waals surface area contributed by atoms with E-state index in [0.29, 0.717) is 60.8 Å². The molecule has 2 fully saturated rings. The molecule has 2 aromatic rings. The molecule has 0 bridgehead atoms. The van der Waals surface area contributed by atoms with Gasteiger partial charge in [0.05, 0.1) is 24.3 Å². The molecule has 2 amide bonds. The number of benzene rings is 2. The van der Waals surface area contributed by atoms with Crippen molar-refractivity contribution >= 4 is 28.9 Å². The van der Waals surface area contributed by atoms with Gasteiger partial charge in [-0.3, -0.25) is 14.6 Å². The molecular formula is C26H27N5O3. The molecule has 2 heterocycles. The van der Waals surface area contributed by atoms with E-state index in [2.05, 4.69) is 11.4 Å². The molecule has 0 aromatic heterocycles. The summed E-state index contributed by atoms with van der Waals surface area (Å²) >= 11 is 0. The Balaban J connectivity index is 1.63. The highest BCUT2D eigenvalue weighted by Crippen LogP contribution is 2.24. The molecule has 1 unspecified atom stereocenters. The second kappa shape index (κ2) is 10.3. The summed E-state index contributed by atoms with van der Waals surface area (Å²) in [7, 11) is 0. The number of nitrogens with two attached hydrogens (primary N) is 1. The third kappa shape index (κ3) is 5.33. The predicted molar refractivity (Wildman–Crippen MR) is 130 cm³/mol. The number of carbonyl (C=O) groups excluding carboxylic acids is 2. The molecule has 34 heavy (non-hydrogen) atoms. The molecule has 3 N–H and O–H groups in total. The Bertz CT molecular complexity index is 1200. The molecule has 2 aliphatic rings. The average molecular weight is 458 g/mol. The maximum Gasteiger partial charge on any atom is 0.255 e. The van der Waals surface area contributed by atoms with Gasteiger partial charge in [-0.15, -0.1) is 0 Å². The highest BCUT2D eigenvalue weighted by molar-refractivity contribution is 6.09. The number of nitrogens with zero attached hydrogens (tertiary/aromatic N) is 3. The molecule has 0 radical (unpaired) electrons. The van der Waals surface area contributed by atoms with Crippen LogP contribution in [0.15, 0.2) is 59.1 Å². The van der Waals surface area contributed by atoms with Gasteiger partial charge in [-0.05, 0) is 42.3 Å². The smallest absolute Gasteiger partial charge is 0.255 e. The molecule has 174 valence electrons. The Kier molecular flexibility index (Phi) is 7.04. The zero-order chi connectivity index (χ0) is 24.1. The van der Waals surface area contributed by atoms with E-state index in [4.69, 9.17) is 20.7 Å². The first-order valence-electron chi connectivity index (χ1n) is 11.3. The van der Waals surface area contributed by atoms with Crippen LogP contribution in [0.5, 0.6) is 0 Å². The fraction of sp³-hybridized carbons (Fsp3) is 0.308. The molecule has 0 spiro atoms. The molecule has 8 heteroatoms. The first-order chi connectivity index (χ1) is 16.4. The van der Waals surface area contributed by atoms with Gasteiger partial charge < -0.3 is 20.7 Å². The molecule has 1 atom stereocenters. The topological polar surface area (TPSA) is 121 Å². The van der Waals surface area contributed by atoms with Crippen LogP contribution in [0, 0.1) is 11.3 Å². The summed E-state index contributed by atoms with van der Waals surface area (Å²) in [5.41, 5.74) is 11.0. The van der Waals surface area contributed by atoms with E-state index >= 15 is 0 Å². The molecule has 2 saturated heterocycles. The maximum atomic E-state index is 12.9. The van der Waals surface area contributed by atoms with Crippen molar-refractivity contribution in [2.45, 2.75) is 25.8 Å². The van der Waals surface area contributed by atoms with Crippen LogP contribution in [-0.4, -0.2) is 54.8 Å². The van der Waals surface area contributed by atoms with E-state index in [1.54, 1.807) is 54.3 Å². The minimum absolute atomic E-state index is 0.0127. The van der Waals surface area contributed by atoms with E-state index in [-0.39, 0.29) is 17.9 Å². The lowest BCUT2D eigenvalue weighted by molar-refractivity contribution is -0.128. The minimum Gasteiger partial charge on any atom is -0.398 e. The molecule has 4 rings (SSSR count). The minimum atomic E-state index is -0.305. The molecular weight excluding hydrogens is 430 g/mol. The van der Waals surface area contributed by atoms with Gasteiger partial charge in [0.2, 0.25) is 5.91 Å². The Hall–Kier alpha value is -3.96. The van der Waals surface area contributed by atoms with Gasteiger partial charge in [0.1, 0.15) is 0 Å². The Morgan fingerprint density at radius 2 is 2.00 bits per heavy atom. The van der Waals surface area contributed by atoms with Gasteiger partial charge in [-0.2, -0.15) is 5.26 Å². The van der Waals surface area contributed by atoms with Crippen molar-refractivity contribution in [3.63, 3.8) is 0 Å². The number of likely N-dealkylation sites (tertiary alicyclic amines) is 1. The first-order valence-corrected chi connectivity index (χ1v) is 11.3. The highest BCUT2D eigenvalue weighted by Gasteiger charge is 2.26. The number of hydrogen-bond acceptors (Lipinski definition) is 6. The number of amides is 2. The molecule has 8 nitrogen and oxygen atoms in total. The Morgan fingerprint density at radius 1 is 1.21 bits per heavy atom. The van der Waals surface area contributed by atoms with Crippen LogP contribution in [0.25, 0.3) is 5.70 Å². The monoisotopic (exact) mass is 457 g/mol. The second-order valence-electron chi connectivity index (χ2n) is 8.40. The number of rotatable bonds is 4. The Labute approximate surface area is 198 Å². The number of hydrogen-bond donors (Lipinski definition) is 2. The van der Waals surface area contributed by atoms with E-state index in [0.717, 1.165) is 17.7 Å². The summed E-state index contributed by atoms with van der Waals surface area (Å²) in [5, 5.41) is 11.9. The van der Waals surface area contributed by atoms with Crippen molar-refractivity contribution in [1.82, 2.24) is 4.90 Å². The predicted octanol–water partition coefficient (Wildman–Crippen LogP) is 2.96. The van der Waals surface area contributed by atoms with Gasteiger partial charge >= 0.3 is 0 Å². The number of carbonyl (C=O) groups is 2. The molecule has 2 aliphatic heterocycles. The highest BCUT2D eigenvalue weighted by atomic mass is 16.5. The SMILES string of the molecule is CC(=O)N1CCC(=NC2CCOC2)C(=C(N)c2cccc(C(=O)Nc3cccc(C#N)c3)c2)C1. The van der Waals surface area contributed by atoms with Crippen LogP contribution in [0.4, 0.5) is 5.69 Å². The average Bonchev–Trinajstić information content (AvgIpc) is 3.37. The van der Waals surface area contributed by atoms with Crippen LogP contribution < -0.4 is 11.1 Å². The van der Waals surface area contributed by atoms with Gasteiger partial charge in [0.15, 0.2) is 0 Å². The number of nitriles is 1. The van der Waals surface area contributed by atoms with E-state index < -0.39 is 0 Å². The number of piperidine rings is 1. The lowest BCUT2D eigenvalue weighted by Crippen LogP contribution is -2.40. The van der Waals surface area contributed by atoms with Gasteiger partial charge in [0, 0.05) is 61.3 Å². The Morgan fingerprint density at radius 3 is 2.74 bits per heavy atom. The summed E-state index contributed by atoms with van der Waals surface area (Å²) in [6, 6.07) is 16.0. The summed E-state index contributed by atoms with van der Waals surface area (Å²) in [6.45, 7) is 3.82. The fourth-order valence-corrected chi connectivity index (χ4v) is 4.12. The summed E-state index contributed by atoms with van der Waals surface area (Å²) in [5.74, 6) is -0.318. The summed E-state index contributed by atoms with van der Waals surface area (Å²) in [6.07, 6.45) is 1.50. The van der Waals surface area contributed by atoms with Gasteiger partial charge in [-0.25, -0.2) is 0 Å². The third-order valence-electron chi connectivity index (χ3n) is 6.02. The molecule has 0 saturated carbocycles. The second-order valence-corrected chi connectivity index (χ2v) is 8.40. The molecule has 2 aromatic carbocycles. The third-order valence-corrected chi connectivity index (χ3v) is 6.02. The largest absolute Gasteiger partial charge is 0.398 e. The van der Waals surface area contributed by atoms with E-state index in [1.807, 2.05) is 6.07 Å². The molecule has 0 aliphatic carbocycles. The summed E-state index contributed by atoms with van der Waals surface area (Å²) in [4.78, 5) is 31.6. The summed E-state index contributed by atoms with van der Waals surface area (Å²) < 4.78 is 5.46. The normalized spacial score (nSPS) is 20.6. The van der Waals surface area contributed by atoms with E-state index in [9.17, 15) is 9.59 Å². The van der Waals surface area contributed by atoms with Crippen LogP contribution in [-0.2, 0) is 9.53 Å². The van der Waals surface area contributed by atoms with Gasteiger partial charge in [-0.1, -0.05) is 18.2 Å². The van der Waals surface area contributed by atoms with Crippen LogP contribution >= 0.6 is 0 Å². The standard InChI is InChI=1S/C26H27N5O3/c1-17(32)31-10-8-24(29-22-9-11-34-16-22)23(15-31)25(28)19-5-3-6-20(13-19)26(33)30-21-7-2-4-18(12-21)14-27/h2-7,12-13,22H,8-11,15-16,28H2,1H3,(H,30,33). The number of ether oxygens (including phenoxy) is 1. The first kappa shape index (κ1) is 23.2. The zero-order valence-electron chi connectivity index (χ0n) is 19.1. The van der Waals surface area contributed by atoms with Crippen molar-refractivity contribution in [2.75, 3.05) is 31.6 Å². The van der Waals surface area contributed by atoms with Crippen molar-refractivity contribution in [1.29, 1.82) is 5.26 Å². The lowest BCUT2D eigenvalue weighted by Gasteiger charge is -2.30. The quantitative estimate of drug-likeness (QED) is 0.731.